The summed E-state index contributed by atoms with van der Waals surface area (Å²) in [6, 6.07) is 3.27. The average molecular weight is 167 g/mol. The van der Waals surface area contributed by atoms with Gasteiger partial charge in [-0.15, -0.1) is 0 Å². The molecule has 0 atom stereocenters. The smallest absolute Gasteiger partial charge is 0.266 e. The van der Waals surface area contributed by atoms with Crippen molar-refractivity contribution in [3.8, 4) is 0 Å². The summed E-state index contributed by atoms with van der Waals surface area (Å²) >= 11 is 0. The molecule has 0 saturated heterocycles. The molecule has 0 radical (unpaired) electrons. The third-order valence-corrected chi connectivity index (χ3v) is 1.57. The van der Waals surface area contributed by atoms with Gasteiger partial charge in [-0.2, -0.15) is 5.10 Å². The Kier molecular flexibility index (Phi) is 2.99. The van der Waals surface area contributed by atoms with Gasteiger partial charge in [0.2, 0.25) is 0 Å². The van der Waals surface area contributed by atoms with E-state index >= 15 is 0 Å². The fourth-order valence-electron chi connectivity index (χ4n) is 0.898. The molecular weight excluding hydrogens is 154 g/mol. The van der Waals surface area contributed by atoms with Crippen LogP contribution in [-0.4, -0.2) is 16.3 Å². The molecule has 0 aromatic carbocycles. The van der Waals surface area contributed by atoms with E-state index in [2.05, 4.69) is 10.4 Å². The van der Waals surface area contributed by atoms with Gasteiger partial charge in [-0.05, 0) is 12.6 Å². The predicted molar refractivity (Wildman–Crippen MR) is 46.9 cm³/mol. The Bertz CT molecular complexity index is 305. The second-order valence-corrected chi connectivity index (χ2v) is 2.57. The first-order valence-corrected chi connectivity index (χ1v) is 3.98. The molecule has 1 aromatic heterocycles. The van der Waals surface area contributed by atoms with E-state index in [1.54, 1.807) is 13.1 Å². The van der Waals surface area contributed by atoms with E-state index in [1.165, 1.54) is 10.7 Å². The second kappa shape index (κ2) is 4.01. The Labute approximate surface area is 71.2 Å². The topological polar surface area (TPSA) is 46.9 Å². The molecule has 0 fully saturated rings. The Morgan fingerprint density at radius 3 is 2.92 bits per heavy atom. The van der Waals surface area contributed by atoms with Crippen molar-refractivity contribution in [1.29, 1.82) is 0 Å². The summed E-state index contributed by atoms with van der Waals surface area (Å²) in [5.74, 6) is 0. The molecule has 1 N–H and O–H groups in total. The number of hydrogen-bond donors (Lipinski definition) is 1. The molecule has 0 amide bonds. The third kappa shape index (κ3) is 2.17. The Hall–Kier alpha value is -1.16. The molecule has 1 aromatic rings. The van der Waals surface area contributed by atoms with Crippen molar-refractivity contribution in [2.24, 2.45) is 7.05 Å². The van der Waals surface area contributed by atoms with E-state index in [4.69, 9.17) is 0 Å². The summed E-state index contributed by atoms with van der Waals surface area (Å²) < 4.78 is 1.34. The van der Waals surface area contributed by atoms with Gasteiger partial charge in [0.25, 0.3) is 5.56 Å². The zero-order chi connectivity index (χ0) is 8.97. The van der Waals surface area contributed by atoms with Gasteiger partial charge in [-0.3, -0.25) is 4.79 Å². The average Bonchev–Trinajstić information content (AvgIpc) is 2.07. The highest BCUT2D eigenvalue weighted by atomic mass is 16.1. The first-order chi connectivity index (χ1) is 5.74. The van der Waals surface area contributed by atoms with E-state index in [0.29, 0.717) is 6.54 Å². The van der Waals surface area contributed by atoms with Gasteiger partial charge in [0.05, 0.1) is 5.69 Å². The standard InChI is InChI=1S/C8H13N3O/c1-3-9-6-7-4-5-8(12)11(2)10-7/h4-5,9H,3,6H2,1-2H3. The van der Waals surface area contributed by atoms with E-state index in [-0.39, 0.29) is 5.56 Å². The van der Waals surface area contributed by atoms with Crippen LogP contribution in [0.5, 0.6) is 0 Å². The minimum atomic E-state index is -0.0738. The van der Waals surface area contributed by atoms with Crippen LogP contribution in [0.1, 0.15) is 12.6 Å². The molecule has 0 aliphatic carbocycles. The molecule has 4 heteroatoms. The van der Waals surface area contributed by atoms with Crippen molar-refractivity contribution >= 4 is 0 Å². The van der Waals surface area contributed by atoms with Crippen LogP contribution >= 0.6 is 0 Å². The predicted octanol–water partition coefficient (Wildman–Crippen LogP) is -0.110. The van der Waals surface area contributed by atoms with Crippen LogP contribution in [0.2, 0.25) is 0 Å². The molecule has 1 heterocycles. The monoisotopic (exact) mass is 167 g/mol. The van der Waals surface area contributed by atoms with E-state index in [9.17, 15) is 4.79 Å². The quantitative estimate of drug-likeness (QED) is 0.683. The summed E-state index contributed by atoms with van der Waals surface area (Å²) in [6.07, 6.45) is 0. The Balaban J connectivity index is 2.75. The maximum absolute atomic E-state index is 10.9. The van der Waals surface area contributed by atoms with Crippen molar-refractivity contribution in [2.75, 3.05) is 6.54 Å². The number of nitrogens with one attached hydrogen (secondary N) is 1. The molecule has 0 aliphatic rings. The first-order valence-electron chi connectivity index (χ1n) is 3.98. The number of nitrogens with zero attached hydrogens (tertiary/aromatic N) is 2. The molecule has 0 aliphatic heterocycles. The largest absolute Gasteiger partial charge is 0.311 e. The lowest BCUT2D eigenvalue weighted by Gasteiger charge is -2.01. The maximum Gasteiger partial charge on any atom is 0.266 e. The van der Waals surface area contributed by atoms with Gasteiger partial charge in [-0.1, -0.05) is 6.92 Å². The summed E-state index contributed by atoms with van der Waals surface area (Å²) in [5, 5.41) is 7.19. The molecular formula is C8H13N3O. The summed E-state index contributed by atoms with van der Waals surface area (Å²) in [5.41, 5.74) is 0.814. The van der Waals surface area contributed by atoms with Gasteiger partial charge in [0.1, 0.15) is 0 Å². The van der Waals surface area contributed by atoms with Crippen molar-refractivity contribution in [2.45, 2.75) is 13.5 Å². The maximum atomic E-state index is 10.9. The lowest BCUT2D eigenvalue weighted by molar-refractivity contribution is 0.636. The number of aromatic nitrogens is 2. The van der Waals surface area contributed by atoms with E-state index in [0.717, 1.165) is 12.2 Å². The zero-order valence-electron chi connectivity index (χ0n) is 7.37. The van der Waals surface area contributed by atoms with Gasteiger partial charge in [0, 0.05) is 19.7 Å². The highest BCUT2D eigenvalue weighted by molar-refractivity contribution is 4.99. The number of rotatable bonds is 3. The lowest BCUT2D eigenvalue weighted by atomic mass is 10.4. The molecule has 66 valence electrons. The van der Waals surface area contributed by atoms with Crippen molar-refractivity contribution < 1.29 is 0 Å². The molecule has 1 rings (SSSR count). The van der Waals surface area contributed by atoms with Gasteiger partial charge < -0.3 is 5.32 Å². The molecule has 0 unspecified atom stereocenters. The van der Waals surface area contributed by atoms with Crippen molar-refractivity contribution in [3.05, 3.63) is 28.2 Å². The van der Waals surface area contributed by atoms with Crippen molar-refractivity contribution in [3.63, 3.8) is 0 Å². The van der Waals surface area contributed by atoms with Gasteiger partial charge in [-0.25, -0.2) is 4.68 Å². The van der Waals surface area contributed by atoms with Crippen LogP contribution in [0, 0.1) is 0 Å². The fourth-order valence-corrected chi connectivity index (χ4v) is 0.898. The Morgan fingerprint density at radius 2 is 2.33 bits per heavy atom. The number of hydrogen-bond acceptors (Lipinski definition) is 3. The van der Waals surface area contributed by atoms with Crippen LogP contribution in [0.15, 0.2) is 16.9 Å². The van der Waals surface area contributed by atoms with Gasteiger partial charge in [0.15, 0.2) is 0 Å². The van der Waals surface area contributed by atoms with E-state index in [1.807, 2.05) is 6.92 Å². The van der Waals surface area contributed by atoms with Crippen LogP contribution in [0.25, 0.3) is 0 Å². The highest BCUT2D eigenvalue weighted by Crippen LogP contribution is 1.87. The summed E-state index contributed by atoms with van der Waals surface area (Å²) in [4.78, 5) is 10.9. The van der Waals surface area contributed by atoms with Crippen LogP contribution in [0.4, 0.5) is 0 Å². The fraction of sp³-hybridized carbons (Fsp3) is 0.500. The van der Waals surface area contributed by atoms with Crippen LogP contribution < -0.4 is 10.9 Å². The zero-order valence-corrected chi connectivity index (χ0v) is 7.37. The Morgan fingerprint density at radius 1 is 1.58 bits per heavy atom. The normalized spacial score (nSPS) is 10.2. The van der Waals surface area contributed by atoms with Crippen molar-refractivity contribution in [1.82, 2.24) is 15.1 Å². The van der Waals surface area contributed by atoms with Crippen LogP contribution in [-0.2, 0) is 13.6 Å². The molecule has 0 spiro atoms. The molecule has 12 heavy (non-hydrogen) atoms. The SMILES string of the molecule is CCNCc1ccc(=O)n(C)n1. The molecule has 0 bridgehead atoms. The van der Waals surface area contributed by atoms with Gasteiger partial charge >= 0.3 is 0 Å². The van der Waals surface area contributed by atoms with E-state index < -0.39 is 0 Å². The second-order valence-electron chi connectivity index (χ2n) is 2.57. The number of aryl methyl sites for hydroxylation is 1. The minimum Gasteiger partial charge on any atom is -0.311 e. The highest BCUT2D eigenvalue weighted by Gasteiger charge is 1.94. The van der Waals surface area contributed by atoms with Crippen LogP contribution in [0.3, 0.4) is 0 Å². The summed E-state index contributed by atoms with van der Waals surface area (Å²) in [7, 11) is 1.65. The molecule has 0 saturated carbocycles. The first kappa shape index (κ1) is 8.93. The lowest BCUT2D eigenvalue weighted by Crippen LogP contribution is -2.22. The third-order valence-electron chi connectivity index (χ3n) is 1.57. The molecule has 4 nitrogen and oxygen atoms in total. The minimum absolute atomic E-state index is 0.0738. The summed E-state index contributed by atoms with van der Waals surface area (Å²) in [6.45, 7) is 3.65.